The van der Waals surface area contributed by atoms with Crippen LogP contribution in [0.4, 0.5) is 5.69 Å². The number of piperazine rings is 1. The first kappa shape index (κ1) is 16.6. The third kappa shape index (κ3) is 3.71. The lowest BCUT2D eigenvalue weighted by Crippen LogP contribution is -2.54. The molecule has 1 aromatic rings. The van der Waals surface area contributed by atoms with Crippen LogP contribution < -0.4 is 15.4 Å². The zero-order valence-corrected chi connectivity index (χ0v) is 13.8. The fraction of sp³-hybridized carbons (Fsp3) is 0.588. The van der Waals surface area contributed by atoms with Gasteiger partial charge in [0, 0.05) is 37.9 Å². The number of hydrogen-bond acceptors (Lipinski definition) is 4. The molecule has 1 aliphatic heterocycles. The van der Waals surface area contributed by atoms with Gasteiger partial charge >= 0.3 is 0 Å². The molecule has 1 heterocycles. The highest BCUT2D eigenvalue weighted by Crippen LogP contribution is 2.22. The van der Waals surface area contributed by atoms with E-state index in [2.05, 4.69) is 17.9 Å². The van der Waals surface area contributed by atoms with E-state index < -0.39 is 0 Å². The normalized spacial score (nSPS) is 18.0. The van der Waals surface area contributed by atoms with Crippen molar-refractivity contribution >= 4 is 11.6 Å². The molecule has 0 spiro atoms. The number of methoxy groups -OCH3 is 1. The summed E-state index contributed by atoms with van der Waals surface area (Å²) in [6.45, 7) is 7.20. The minimum atomic E-state index is -0.381. The van der Waals surface area contributed by atoms with Crippen LogP contribution in [0.5, 0.6) is 5.75 Å². The topological polar surface area (TPSA) is 58.8 Å². The highest BCUT2D eigenvalue weighted by molar-refractivity contribution is 5.82. The van der Waals surface area contributed by atoms with Crippen LogP contribution >= 0.6 is 0 Å². The van der Waals surface area contributed by atoms with Crippen LogP contribution in [-0.2, 0) is 4.79 Å². The van der Waals surface area contributed by atoms with Gasteiger partial charge in [0.05, 0.1) is 13.2 Å². The molecule has 2 atom stereocenters. The number of benzene rings is 1. The summed E-state index contributed by atoms with van der Waals surface area (Å²) >= 11 is 0. The average molecular weight is 305 g/mol. The maximum Gasteiger partial charge on any atom is 0.239 e. The Balaban J connectivity index is 1.93. The fourth-order valence-corrected chi connectivity index (χ4v) is 2.70. The highest BCUT2D eigenvalue weighted by atomic mass is 16.5. The predicted octanol–water partition coefficient (Wildman–Crippen LogP) is 1.72. The van der Waals surface area contributed by atoms with E-state index in [0.29, 0.717) is 0 Å². The Labute approximate surface area is 133 Å². The van der Waals surface area contributed by atoms with Gasteiger partial charge in [-0.1, -0.05) is 26.3 Å². The molecular formula is C17H27N3O2. The van der Waals surface area contributed by atoms with Crippen molar-refractivity contribution in [3.63, 3.8) is 0 Å². The monoisotopic (exact) mass is 305 g/mol. The zero-order chi connectivity index (χ0) is 16.1. The van der Waals surface area contributed by atoms with Gasteiger partial charge in [-0.15, -0.1) is 0 Å². The molecule has 1 fully saturated rings. The van der Waals surface area contributed by atoms with Crippen molar-refractivity contribution in [2.45, 2.75) is 26.3 Å². The third-order valence-corrected chi connectivity index (χ3v) is 4.55. The highest BCUT2D eigenvalue weighted by Gasteiger charge is 2.27. The van der Waals surface area contributed by atoms with E-state index in [1.807, 2.05) is 30.0 Å². The number of amides is 1. The largest absolute Gasteiger partial charge is 0.497 e. The Morgan fingerprint density at radius 2 is 2.00 bits per heavy atom. The Morgan fingerprint density at radius 3 is 2.59 bits per heavy atom. The summed E-state index contributed by atoms with van der Waals surface area (Å²) in [7, 11) is 1.67. The van der Waals surface area contributed by atoms with E-state index in [0.717, 1.165) is 44.0 Å². The molecule has 22 heavy (non-hydrogen) atoms. The number of hydrogen-bond donors (Lipinski definition) is 1. The molecule has 1 aliphatic rings. The van der Waals surface area contributed by atoms with Gasteiger partial charge in [-0.3, -0.25) is 4.79 Å². The second-order valence-electron chi connectivity index (χ2n) is 5.93. The van der Waals surface area contributed by atoms with E-state index in [1.54, 1.807) is 7.11 Å². The molecular weight excluding hydrogens is 278 g/mol. The molecule has 5 heteroatoms. The minimum Gasteiger partial charge on any atom is -0.497 e. The van der Waals surface area contributed by atoms with Gasteiger partial charge in [-0.2, -0.15) is 0 Å². The van der Waals surface area contributed by atoms with Gasteiger partial charge in [0.25, 0.3) is 0 Å². The van der Waals surface area contributed by atoms with Crippen LogP contribution in [0.15, 0.2) is 24.3 Å². The Morgan fingerprint density at radius 1 is 1.32 bits per heavy atom. The summed E-state index contributed by atoms with van der Waals surface area (Å²) in [6.07, 6.45) is 0.927. The SMILES string of the molecule is CCC(C)C(N)C(=O)N1CCN(c2cccc(OC)c2)CC1. The van der Waals surface area contributed by atoms with Crippen molar-refractivity contribution < 1.29 is 9.53 Å². The van der Waals surface area contributed by atoms with Crippen LogP contribution in [0.1, 0.15) is 20.3 Å². The molecule has 0 saturated carbocycles. The lowest BCUT2D eigenvalue weighted by molar-refractivity contribution is -0.134. The number of nitrogens with zero attached hydrogens (tertiary/aromatic N) is 2. The number of rotatable bonds is 5. The third-order valence-electron chi connectivity index (χ3n) is 4.55. The first-order valence-electron chi connectivity index (χ1n) is 8.00. The summed E-state index contributed by atoms with van der Waals surface area (Å²) in [4.78, 5) is 16.6. The molecule has 122 valence electrons. The molecule has 5 nitrogen and oxygen atoms in total. The summed E-state index contributed by atoms with van der Waals surface area (Å²) < 4.78 is 5.27. The van der Waals surface area contributed by atoms with Crippen molar-refractivity contribution in [1.82, 2.24) is 4.90 Å². The van der Waals surface area contributed by atoms with Crippen LogP contribution in [-0.4, -0.2) is 50.1 Å². The lowest BCUT2D eigenvalue weighted by Gasteiger charge is -2.37. The molecule has 2 N–H and O–H groups in total. The smallest absolute Gasteiger partial charge is 0.239 e. The minimum absolute atomic E-state index is 0.0830. The van der Waals surface area contributed by atoms with Crippen molar-refractivity contribution in [3.8, 4) is 5.75 Å². The summed E-state index contributed by atoms with van der Waals surface area (Å²) in [6, 6.07) is 7.65. The Bertz CT molecular complexity index is 498. The van der Waals surface area contributed by atoms with Gasteiger partial charge < -0.3 is 20.3 Å². The first-order valence-corrected chi connectivity index (χ1v) is 8.00. The molecule has 2 rings (SSSR count). The van der Waals surface area contributed by atoms with Gasteiger partial charge in [0.2, 0.25) is 5.91 Å². The fourth-order valence-electron chi connectivity index (χ4n) is 2.70. The number of nitrogens with two attached hydrogens (primary N) is 1. The average Bonchev–Trinajstić information content (AvgIpc) is 2.59. The molecule has 0 aliphatic carbocycles. The Kier molecular flexibility index (Phi) is 5.66. The maximum atomic E-state index is 12.4. The van der Waals surface area contributed by atoms with E-state index in [4.69, 9.17) is 10.5 Å². The molecule has 0 aromatic heterocycles. The predicted molar refractivity (Wildman–Crippen MR) is 89.2 cm³/mol. The van der Waals surface area contributed by atoms with Gasteiger partial charge in [0.1, 0.15) is 5.75 Å². The maximum absolute atomic E-state index is 12.4. The van der Waals surface area contributed by atoms with Crippen LogP contribution in [0.2, 0.25) is 0 Å². The number of carbonyl (C=O) groups is 1. The van der Waals surface area contributed by atoms with Crippen LogP contribution in [0.3, 0.4) is 0 Å². The van der Waals surface area contributed by atoms with E-state index in [9.17, 15) is 4.79 Å². The molecule has 0 radical (unpaired) electrons. The zero-order valence-electron chi connectivity index (χ0n) is 13.8. The summed E-state index contributed by atoms with van der Waals surface area (Å²) in [5.41, 5.74) is 7.20. The second kappa shape index (κ2) is 7.49. The summed E-state index contributed by atoms with van der Waals surface area (Å²) in [5.74, 6) is 1.17. The Hall–Kier alpha value is -1.75. The van der Waals surface area contributed by atoms with E-state index in [-0.39, 0.29) is 17.9 Å². The van der Waals surface area contributed by atoms with E-state index >= 15 is 0 Å². The molecule has 2 unspecified atom stereocenters. The van der Waals surface area contributed by atoms with Gasteiger partial charge in [0.15, 0.2) is 0 Å². The second-order valence-corrected chi connectivity index (χ2v) is 5.93. The molecule has 1 aromatic carbocycles. The quantitative estimate of drug-likeness (QED) is 0.900. The molecule has 1 amide bonds. The first-order chi connectivity index (χ1) is 10.6. The van der Waals surface area contributed by atoms with Gasteiger partial charge in [-0.05, 0) is 18.1 Å². The van der Waals surface area contributed by atoms with Crippen molar-refractivity contribution in [1.29, 1.82) is 0 Å². The van der Waals surface area contributed by atoms with Gasteiger partial charge in [-0.25, -0.2) is 0 Å². The van der Waals surface area contributed by atoms with Crippen molar-refractivity contribution in [2.24, 2.45) is 11.7 Å². The van der Waals surface area contributed by atoms with E-state index in [1.165, 1.54) is 0 Å². The molecule has 0 bridgehead atoms. The number of carbonyl (C=O) groups excluding carboxylic acids is 1. The number of anilines is 1. The standard InChI is InChI=1S/C17H27N3O2/c1-4-13(2)16(18)17(21)20-10-8-19(9-11-20)14-6-5-7-15(12-14)22-3/h5-7,12-13,16H,4,8-11,18H2,1-3H3. The van der Waals surface area contributed by atoms with Crippen molar-refractivity contribution in [3.05, 3.63) is 24.3 Å². The van der Waals surface area contributed by atoms with Crippen LogP contribution in [0, 0.1) is 5.92 Å². The molecule has 1 saturated heterocycles. The number of ether oxygens (including phenoxy) is 1. The van der Waals surface area contributed by atoms with Crippen LogP contribution in [0.25, 0.3) is 0 Å². The lowest BCUT2D eigenvalue weighted by atomic mass is 9.98. The summed E-state index contributed by atoms with van der Waals surface area (Å²) in [5, 5.41) is 0. The van der Waals surface area contributed by atoms with Crippen molar-refractivity contribution in [2.75, 3.05) is 38.2 Å².